The van der Waals surface area contributed by atoms with Crippen LogP contribution in [0.4, 0.5) is 5.69 Å². The first kappa shape index (κ1) is 14.6. The summed E-state index contributed by atoms with van der Waals surface area (Å²) in [6.45, 7) is 2.06. The second kappa shape index (κ2) is 6.07. The summed E-state index contributed by atoms with van der Waals surface area (Å²) in [5, 5.41) is 14.0. The highest BCUT2D eigenvalue weighted by Gasteiger charge is 2.14. The number of nitrogens with zero attached hydrogens (tertiary/aromatic N) is 1. The SMILES string of the molecule is CNC(C)Cc1ccc(-c2ccc([N+](=O)[O-])c(Cl)c2)o1. The number of furan rings is 1. The molecule has 6 heteroatoms. The van der Waals surface area contributed by atoms with Gasteiger partial charge in [0.05, 0.1) is 4.92 Å². The molecule has 0 amide bonds. The maximum Gasteiger partial charge on any atom is 0.287 e. The highest BCUT2D eigenvalue weighted by Crippen LogP contribution is 2.31. The molecule has 1 aromatic carbocycles. The maximum atomic E-state index is 10.7. The van der Waals surface area contributed by atoms with Crippen molar-refractivity contribution in [3.8, 4) is 11.3 Å². The molecule has 5 nitrogen and oxygen atoms in total. The first-order valence-electron chi connectivity index (χ1n) is 6.21. The zero-order valence-corrected chi connectivity index (χ0v) is 12.0. The lowest BCUT2D eigenvalue weighted by atomic mass is 10.1. The van der Waals surface area contributed by atoms with Crippen LogP contribution < -0.4 is 5.32 Å². The van der Waals surface area contributed by atoms with Gasteiger partial charge in [0, 0.05) is 24.1 Å². The Hall–Kier alpha value is -1.85. The average molecular weight is 295 g/mol. The standard InChI is InChI=1S/C14H15ClN2O3/c1-9(16-2)7-11-4-6-14(20-11)10-3-5-13(17(18)19)12(15)8-10/h3-6,8-9,16H,7H2,1-2H3. The van der Waals surface area contributed by atoms with Crippen LogP contribution >= 0.6 is 11.6 Å². The number of rotatable bonds is 5. The molecule has 0 aliphatic heterocycles. The number of hydrogen-bond acceptors (Lipinski definition) is 4. The van der Waals surface area contributed by atoms with Crippen molar-refractivity contribution in [2.24, 2.45) is 0 Å². The van der Waals surface area contributed by atoms with Crippen LogP contribution in [0, 0.1) is 10.1 Å². The quantitative estimate of drug-likeness (QED) is 0.675. The van der Waals surface area contributed by atoms with Crippen molar-refractivity contribution in [3.63, 3.8) is 0 Å². The second-order valence-corrected chi connectivity index (χ2v) is 4.99. The van der Waals surface area contributed by atoms with E-state index in [-0.39, 0.29) is 10.7 Å². The first-order valence-corrected chi connectivity index (χ1v) is 6.59. The van der Waals surface area contributed by atoms with Gasteiger partial charge in [-0.2, -0.15) is 0 Å². The first-order chi connectivity index (χ1) is 9.51. The van der Waals surface area contributed by atoms with E-state index in [1.807, 2.05) is 19.2 Å². The van der Waals surface area contributed by atoms with Crippen molar-refractivity contribution >= 4 is 17.3 Å². The Morgan fingerprint density at radius 2 is 2.15 bits per heavy atom. The van der Waals surface area contributed by atoms with Crippen molar-refractivity contribution in [2.45, 2.75) is 19.4 Å². The van der Waals surface area contributed by atoms with Gasteiger partial charge in [0.25, 0.3) is 5.69 Å². The number of benzene rings is 1. The van der Waals surface area contributed by atoms with Gasteiger partial charge in [0.15, 0.2) is 0 Å². The Labute approximate surface area is 121 Å². The molecule has 106 valence electrons. The molecule has 1 unspecified atom stereocenters. The Kier molecular flexibility index (Phi) is 4.42. The van der Waals surface area contributed by atoms with E-state index in [1.165, 1.54) is 6.07 Å². The number of likely N-dealkylation sites (N-methyl/N-ethyl adjacent to an activating group) is 1. The smallest absolute Gasteiger partial charge is 0.287 e. The van der Waals surface area contributed by atoms with Crippen LogP contribution in [0.25, 0.3) is 11.3 Å². The Bertz CT molecular complexity index is 625. The van der Waals surface area contributed by atoms with E-state index in [2.05, 4.69) is 12.2 Å². The molecule has 0 aliphatic rings. The van der Waals surface area contributed by atoms with Crippen molar-refractivity contribution in [1.82, 2.24) is 5.32 Å². The summed E-state index contributed by atoms with van der Waals surface area (Å²) >= 11 is 5.89. The van der Waals surface area contributed by atoms with E-state index < -0.39 is 4.92 Å². The van der Waals surface area contributed by atoms with Crippen LogP contribution in [0.3, 0.4) is 0 Å². The fraction of sp³-hybridized carbons (Fsp3) is 0.286. The zero-order valence-electron chi connectivity index (χ0n) is 11.2. The summed E-state index contributed by atoms with van der Waals surface area (Å²) in [5.41, 5.74) is 0.620. The van der Waals surface area contributed by atoms with Gasteiger partial charge in [-0.1, -0.05) is 11.6 Å². The van der Waals surface area contributed by atoms with E-state index in [0.29, 0.717) is 11.8 Å². The second-order valence-electron chi connectivity index (χ2n) is 4.58. The molecular formula is C14H15ClN2O3. The van der Waals surface area contributed by atoms with Gasteiger partial charge in [0.1, 0.15) is 16.5 Å². The van der Waals surface area contributed by atoms with Gasteiger partial charge in [-0.15, -0.1) is 0 Å². The molecule has 1 aromatic heterocycles. The van der Waals surface area contributed by atoms with Crippen LogP contribution in [0.15, 0.2) is 34.7 Å². The van der Waals surface area contributed by atoms with Crippen LogP contribution in [-0.2, 0) is 6.42 Å². The fourth-order valence-electron chi connectivity index (χ4n) is 1.85. The molecule has 2 rings (SSSR count). The predicted octanol–water partition coefficient (Wildman–Crippen LogP) is 3.66. The highest BCUT2D eigenvalue weighted by molar-refractivity contribution is 6.32. The monoisotopic (exact) mass is 294 g/mol. The van der Waals surface area contributed by atoms with Crippen molar-refractivity contribution < 1.29 is 9.34 Å². The lowest BCUT2D eigenvalue weighted by molar-refractivity contribution is -0.384. The molecule has 0 spiro atoms. The van der Waals surface area contributed by atoms with E-state index >= 15 is 0 Å². The van der Waals surface area contributed by atoms with Crippen molar-refractivity contribution in [2.75, 3.05) is 7.05 Å². The van der Waals surface area contributed by atoms with Crippen LogP contribution in [0.5, 0.6) is 0 Å². The molecule has 20 heavy (non-hydrogen) atoms. The van der Waals surface area contributed by atoms with Gasteiger partial charge in [-0.3, -0.25) is 10.1 Å². The third kappa shape index (κ3) is 3.18. The summed E-state index contributed by atoms with van der Waals surface area (Å²) in [4.78, 5) is 10.2. The Balaban J connectivity index is 2.24. The van der Waals surface area contributed by atoms with E-state index in [1.54, 1.807) is 12.1 Å². The van der Waals surface area contributed by atoms with Gasteiger partial charge < -0.3 is 9.73 Å². The fourth-order valence-corrected chi connectivity index (χ4v) is 2.10. The predicted molar refractivity (Wildman–Crippen MR) is 78.0 cm³/mol. The molecule has 0 bridgehead atoms. The summed E-state index contributed by atoms with van der Waals surface area (Å²) < 4.78 is 5.73. The normalized spacial score (nSPS) is 12.3. The number of nitrogens with one attached hydrogen (secondary N) is 1. The molecule has 1 heterocycles. The number of hydrogen-bond donors (Lipinski definition) is 1. The minimum Gasteiger partial charge on any atom is -0.461 e. The van der Waals surface area contributed by atoms with Crippen molar-refractivity contribution in [3.05, 3.63) is 51.2 Å². The van der Waals surface area contributed by atoms with Crippen LogP contribution in [0.2, 0.25) is 5.02 Å². The van der Waals surface area contributed by atoms with Crippen molar-refractivity contribution in [1.29, 1.82) is 0 Å². The molecular weight excluding hydrogens is 280 g/mol. The summed E-state index contributed by atoms with van der Waals surface area (Å²) in [6, 6.07) is 8.62. The highest BCUT2D eigenvalue weighted by atomic mass is 35.5. The third-order valence-corrected chi connectivity index (χ3v) is 3.39. The Morgan fingerprint density at radius 1 is 1.40 bits per heavy atom. The number of halogens is 1. The largest absolute Gasteiger partial charge is 0.461 e. The lowest BCUT2D eigenvalue weighted by Gasteiger charge is -2.06. The topological polar surface area (TPSA) is 68.3 Å². The summed E-state index contributed by atoms with van der Waals surface area (Å²) in [5.74, 6) is 1.51. The minimum atomic E-state index is -0.506. The number of nitro groups is 1. The molecule has 0 aliphatic carbocycles. The van der Waals surface area contributed by atoms with Crippen LogP contribution in [-0.4, -0.2) is 18.0 Å². The van der Waals surface area contributed by atoms with Gasteiger partial charge >= 0.3 is 0 Å². The average Bonchev–Trinajstić information content (AvgIpc) is 2.86. The number of nitro benzene ring substituents is 1. The molecule has 0 fully saturated rings. The molecule has 1 N–H and O–H groups in total. The molecule has 2 aromatic rings. The van der Waals surface area contributed by atoms with Gasteiger partial charge in [-0.05, 0) is 38.2 Å². The molecule has 0 saturated heterocycles. The van der Waals surface area contributed by atoms with Gasteiger partial charge in [-0.25, -0.2) is 0 Å². The molecule has 1 atom stereocenters. The minimum absolute atomic E-state index is 0.106. The van der Waals surface area contributed by atoms with Crippen LogP contribution in [0.1, 0.15) is 12.7 Å². The lowest BCUT2D eigenvalue weighted by Crippen LogP contribution is -2.23. The summed E-state index contributed by atoms with van der Waals surface area (Å²) in [6.07, 6.45) is 0.775. The van der Waals surface area contributed by atoms with E-state index in [9.17, 15) is 10.1 Å². The Morgan fingerprint density at radius 3 is 2.75 bits per heavy atom. The van der Waals surface area contributed by atoms with E-state index in [4.69, 9.17) is 16.0 Å². The van der Waals surface area contributed by atoms with E-state index in [0.717, 1.165) is 17.7 Å². The zero-order chi connectivity index (χ0) is 14.7. The molecule has 0 radical (unpaired) electrons. The van der Waals surface area contributed by atoms with Gasteiger partial charge in [0.2, 0.25) is 0 Å². The third-order valence-electron chi connectivity index (χ3n) is 3.09. The summed E-state index contributed by atoms with van der Waals surface area (Å²) in [7, 11) is 1.89. The molecule has 0 saturated carbocycles. The maximum absolute atomic E-state index is 10.7.